The topological polar surface area (TPSA) is 149 Å². The van der Waals surface area contributed by atoms with Gasteiger partial charge in [0.25, 0.3) is 0 Å². The van der Waals surface area contributed by atoms with Gasteiger partial charge in [0.2, 0.25) is 5.91 Å². The van der Waals surface area contributed by atoms with Crippen molar-refractivity contribution in [2.45, 2.75) is 269 Å². The number of nitrogens with one attached hydrogen (secondary N) is 1. The van der Waals surface area contributed by atoms with Crippen molar-refractivity contribution in [2.75, 3.05) is 13.2 Å². The second-order valence-electron chi connectivity index (χ2n) is 17.3. The first kappa shape index (κ1) is 54.7. The fourth-order valence-corrected chi connectivity index (χ4v) is 7.86. The summed E-state index contributed by atoms with van der Waals surface area (Å²) in [5.74, 6) is -0.209. The molecular formula is C49H93NO8. The molecule has 7 unspecified atom stereocenters. The van der Waals surface area contributed by atoms with E-state index in [1.165, 1.54) is 161 Å². The quantitative estimate of drug-likeness (QED) is 0.0264. The summed E-state index contributed by atoms with van der Waals surface area (Å²) in [4.78, 5) is 12.9. The average molecular weight is 824 g/mol. The van der Waals surface area contributed by atoms with E-state index in [0.29, 0.717) is 12.8 Å². The van der Waals surface area contributed by atoms with Gasteiger partial charge in [-0.2, -0.15) is 0 Å². The van der Waals surface area contributed by atoms with Gasteiger partial charge in [0.05, 0.1) is 25.4 Å². The highest BCUT2D eigenvalue weighted by Gasteiger charge is 2.44. The number of aliphatic hydroxyl groups excluding tert-OH is 5. The van der Waals surface area contributed by atoms with Crippen molar-refractivity contribution >= 4 is 5.91 Å². The summed E-state index contributed by atoms with van der Waals surface area (Å²) in [5, 5.41) is 54.3. The van der Waals surface area contributed by atoms with Gasteiger partial charge in [0, 0.05) is 6.42 Å². The van der Waals surface area contributed by atoms with Crippen LogP contribution >= 0.6 is 0 Å². The normalized spacial score (nSPS) is 21.0. The fraction of sp³-hybridized carbons (Fsp3) is 0.898. The molecule has 9 heteroatoms. The second-order valence-corrected chi connectivity index (χ2v) is 17.3. The summed E-state index contributed by atoms with van der Waals surface area (Å²) >= 11 is 0. The maximum absolute atomic E-state index is 12.9. The number of carbonyl (C=O) groups excluding carboxylic acids is 1. The lowest BCUT2D eigenvalue weighted by Crippen LogP contribution is -2.60. The molecule has 7 atom stereocenters. The van der Waals surface area contributed by atoms with E-state index in [9.17, 15) is 30.3 Å². The van der Waals surface area contributed by atoms with Crippen LogP contribution in [0.15, 0.2) is 24.3 Å². The molecule has 1 aliphatic heterocycles. The van der Waals surface area contributed by atoms with Crippen LogP contribution in [0.3, 0.4) is 0 Å². The largest absolute Gasteiger partial charge is 0.394 e. The van der Waals surface area contributed by atoms with Gasteiger partial charge < -0.3 is 40.3 Å². The molecule has 0 aromatic heterocycles. The highest BCUT2D eigenvalue weighted by molar-refractivity contribution is 5.76. The molecule has 342 valence electrons. The van der Waals surface area contributed by atoms with Crippen LogP contribution in [0.5, 0.6) is 0 Å². The first-order chi connectivity index (χ1) is 28.3. The molecule has 1 heterocycles. The van der Waals surface area contributed by atoms with Crippen molar-refractivity contribution < 1.29 is 39.8 Å². The van der Waals surface area contributed by atoms with Gasteiger partial charge in [0.15, 0.2) is 6.29 Å². The molecule has 6 N–H and O–H groups in total. The molecule has 58 heavy (non-hydrogen) atoms. The van der Waals surface area contributed by atoms with E-state index < -0.39 is 49.5 Å². The molecule has 0 radical (unpaired) electrons. The monoisotopic (exact) mass is 824 g/mol. The molecule has 1 fully saturated rings. The van der Waals surface area contributed by atoms with Gasteiger partial charge in [-0.25, -0.2) is 0 Å². The van der Waals surface area contributed by atoms with E-state index >= 15 is 0 Å². The molecule has 0 saturated carbocycles. The number of rotatable bonds is 41. The summed E-state index contributed by atoms with van der Waals surface area (Å²) in [7, 11) is 0. The number of carbonyl (C=O) groups is 1. The minimum absolute atomic E-state index is 0.159. The Bertz CT molecular complexity index is 961. The summed E-state index contributed by atoms with van der Waals surface area (Å²) in [6, 6.07) is -0.747. The van der Waals surface area contributed by atoms with Crippen LogP contribution in [0.25, 0.3) is 0 Å². The minimum atomic E-state index is -1.56. The number of amides is 1. The highest BCUT2D eigenvalue weighted by atomic mass is 16.7. The lowest BCUT2D eigenvalue weighted by molar-refractivity contribution is -0.302. The summed E-state index contributed by atoms with van der Waals surface area (Å²) < 4.78 is 11.2. The van der Waals surface area contributed by atoms with Crippen molar-refractivity contribution in [2.24, 2.45) is 0 Å². The zero-order chi connectivity index (χ0) is 42.3. The van der Waals surface area contributed by atoms with E-state index in [-0.39, 0.29) is 18.9 Å². The van der Waals surface area contributed by atoms with Crippen LogP contribution in [-0.4, -0.2) is 87.5 Å². The maximum Gasteiger partial charge on any atom is 0.220 e. The fourth-order valence-electron chi connectivity index (χ4n) is 7.86. The number of aliphatic hydroxyl groups is 5. The van der Waals surface area contributed by atoms with E-state index in [2.05, 4.69) is 37.4 Å². The Morgan fingerprint density at radius 3 is 1.48 bits per heavy atom. The van der Waals surface area contributed by atoms with Crippen molar-refractivity contribution in [3.05, 3.63) is 24.3 Å². The lowest BCUT2D eigenvalue weighted by atomic mass is 9.99. The maximum atomic E-state index is 12.9. The van der Waals surface area contributed by atoms with Crippen LogP contribution in [0, 0.1) is 0 Å². The number of allylic oxidation sites excluding steroid dienone is 4. The summed E-state index contributed by atoms with van der Waals surface area (Å²) in [6.45, 7) is 3.80. The van der Waals surface area contributed by atoms with Crippen LogP contribution in [0.4, 0.5) is 0 Å². The predicted octanol–water partition coefficient (Wildman–Crippen LogP) is 10.7. The zero-order valence-corrected chi connectivity index (χ0v) is 37.6. The van der Waals surface area contributed by atoms with E-state index in [4.69, 9.17) is 9.47 Å². The SMILES string of the molecule is CCCCCCCC/C=C\C/C=C\CCC(=O)NC(COC1OC(CO)C(O)C(O)C1O)C(O)CCCCCCCCCCCCCCCCCCCCCCCC. The molecule has 1 rings (SSSR count). The number of hydrogen-bond acceptors (Lipinski definition) is 8. The number of ether oxygens (including phenoxy) is 2. The molecule has 0 bridgehead atoms. The first-order valence-electron chi connectivity index (χ1n) is 24.5. The minimum Gasteiger partial charge on any atom is -0.394 e. The van der Waals surface area contributed by atoms with Gasteiger partial charge in [-0.3, -0.25) is 4.79 Å². The number of hydrogen-bond donors (Lipinski definition) is 6. The molecule has 9 nitrogen and oxygen atoms in total. The van der Waals surface area contributed by atoms with Gasteiger partial charge in [-0.05, 0) is 32.1 Å². The molecule has 0 aromatic rings. The Labute approximate surface area is 356 Å². The Kier molecular flexibility index (Phi) is 37.5. The molecule has 1 amide bonds. The van der Waals surface area contributed by atoms with Crippen LogP contribution in [-0.2, 0) is 14.3 Å². The van der Waals surface area contributed by atoms with Crippen molar-refractivity contribution in [1.29, 1.82) is 0 Å². The van der Waals surface area contributed by atoms with Crippen LogP contribution < -0.4 is 5.32 Å². The Hall–Kier alpha value is -1.33. The molecule has 1 saturated heterocycles. The van der Waals surface area contributed by atoms with Gasteiger partial charge in [-0.1, -0.05) is 212 Å². The molecule has 1 aliphatic rings. The molecule has 0 spiro atoms. The van der Waals surface area contributed by atoms with Gasteiger partial charge in [-0.15, -0.1) is 0 Å². The number of unbranched alkanes of at least 4 members (excludes halogenated alkanes) is 27. The lowest BCUT2D eigenvalue weighted by Gasteiger charge is -2.40. The smallest absolute Gasteiger partial charge is 0.220 e. The second kappa shape index (κ2) is 39.8. The summed E-state index contributed by atoms with van der Waals surface area (Å²) in [6.07, 6.45) is 40.7. The predicted molar refractivity (Wildman–Crippen MR) is 240 cm³/mol. The highest BCUT2D eigenvalue weighted by Crippen LogP contribution is 2.23. The van der Waals surface area contributed by atoms with E-state index in [1.54, 1.807) is 0 Å². The van der Waals surface area contributed by atoms with Gasteiger partial charge in [0.1, 0.15) is 24.4 Å². The van der Waals surface area contributed by atoms with Crippen molar-refractivity contribution in [1.82, 2.24) is 5.32 Å². The average Bonchev–Trinajstić information content (AvgIpc) is 3.22. The van der Waals surface area contributed by atoms with Crippen molar-refractivity contribution in [3.8, 4) is 0 Å². The summed E-state index contributed by atoms with van der Waals surface area (Å²) in [5.41, 5.74) is 0. The van der Waals surface area contributed by atoms with E-state index in [0.717, 1.165) is 32.1 Å². The Morgan fingerprint density at radius 1 is 0.586 bits per heavy atom. The third-order valence-corrected chi connectivity index (χ3v) is 11.8. The van der Waals surface area contributed by atoms with E-state index in [1.807, 2.05) is 6.08 Å². The molecule has 0 aromatic carbocycles. The zero-order valence-electron chi connectivity index (χ0n) is 37.6. The molecule has 0 aliphatic carbocycles. The van der Waals surface area contributed by atoms with Gasteiger partial charge >= 0.3 is 0 Å². The van der Waals surface area contributed by atoms with Crippen molar-refractivity contribution in [3.63, 3.8) is 0 Å². The standard InChI is InChI=1S/C49H93NO8/c1-3-5-7-9-11-13-15-17-18-19-20-21-22-23-24-25-27-28-30-32-34-36-38-43(52)42(41-57-49-48(56)47(55)46(54)44(40-51)58-49)50-45(53)39-37-35-33-31-29-26-16-14-12-10-8-6-4-2/h26,29,33,35,42-44,46-49,51-52,54-56H,3-25,27-28,30-32,34,36-41H2,1-2H3,(H,50,53)/b29-26-,35-33-. The Balaban J connectivity index is 2.28. The Morgan fingerprint density at radius 2 is 1.02 bits per heavy atom. The van der Waals surface area contributed by atoms with Crippen LogP contribution in [0.2, 0.25) is 0 Å². The molecular weight excluding hydrogens is 731 g/mol. The third-order valence-electron chi connectivity index (χ3n) is 11.8. The first-order valence-corrected chi connectivity index (χ1v) is 24.5. The third kappa shape index (κ3) is 29.8. The van der Waals surface area contributed by atoms with Crippen LogP contribution in [0.1, 0.15) is 226 Å².